The van der Waals surface area contributed by atoms with Crippen molar-refractivity contribution in [3.8, 4) is 0 Å². The molecule has 0 unspecified atom stereocenters. The van der Waals surface area contributed by atoms with Crippen LogP contribution in [-0.2, 0) is 6.04 Å². The van der Waals surface area contributed by atoms with Crippen molar-refractivity contribution in [3.63, 3.8) is 0 Å². The highest BCUT2D eigenvalue weighted by atomic mass is 28.3. The van der Waals surface area contributed by atoms with Gasteiger partial charge in [0.15, 0.2) is 0 Å². The van der Waals surface area contributed by atoms with Gasteiger partial charge < -0.3 is 0 Å². The molecule has 14 heavy (non-hydrogen) atoms. The molecule has 0 N–H and O–H groups in total. The standard InChI is InChI=1S/C13H20Si/c1-5-12-8-7-9-13(10-12)11-14(3,4)6-2/h5,7-10H,1,6,11H2,2-4H3. The fourth-order valence-corrected chi connectivity index (χ4v) is 3.08. The van der Waals surface area contributed by atoms with Gasteiger partial charge in [-0.25, -0.2) is 0 Å². The first-order chi connectivity index (χ1) is 6.57. The Morgan fingerprint density at radius 2 is 2.07 bits per heavy atom. The number of rotatable bonds is 4. The van der Waals surface area contributed by atoms with Crippen LogP contribution < -0.4 is 0 Å². The lowest BCUT2D eigenvalue weighted by Gasteiger charge is -2.20. The summed E-state index contributed by atoms with van der Waals surface area (Å²) < 4.78 is 0. The third-order valence-electron chi connectivity index (χ3n) is 2.83. The summed E-state index contributed by atoms with van der Waals surface area (Å²) in [5.41, 5.74) is 2.71. The van der Waals surface area contributed by atoms with E-state index in [1.54, 1.807) is 0 Å². The van der Waals surface area contributed by atoms with Gasteiger partial charge >= 0.3 is 0 Å². The molecule has 76 valence electrons. The van der Waals surface area contributed by atoms with E-state index in [-0.39, 0.29) is 0 Å². The second kappa shape index (κ2) is 4.60. The smallest absolute Gasteiger partial charge is 0.0515 e. The largest absolute Gasteiger partial charge is 0.0985 e. The molecule has 0 spiro atoms. The summed E-state index contributed by atoms with van der Waals surface area (Å²) in [5, 5.41) is 0. The first kappa shape index (κ1) is 11.3. The van der Waals surface area contributed by atoms with Crippen LogP contribution in [0.25, 0.3) is 6.08 Å². The Kier molecular flexibility index (Phi) is 3.70. The second-order valence-electron chi connectivity index (χ2n) is 4.64. The number of benzene rings is 1. The van der Waals surface area contributed by atoms with Gasteiger partial charge in [-0.15, -0.1) is 0 Å². The van der Waals surface area contributed by atoms with Gasteiger partial charge in [-0.3, -0.25) is 0 Å². The highest BCUT2D eigenvalue weighted by molar-refractivity contribution is 6.76. The molecule has 1 aromatic carbocycles. The topological polar surface area (TPSA) is 0 Å². The Labute approximate surface area is 88.7 Å². The molecule has 0 fully saturated rings. The summed E-state index contributed by atoms with van der Waals surface area (Å²) in [6, 6.07) is 11.4. The molecule has 0 saturated carbocycles. The maximum atomic E-state index is 3.80. The van der Waals surface area contributed by atoms with E-state index in [0.29, 0.717) is 0 Å². The molecule has 0 nitrogen and oxygen atoms in total. The van der Waals surface area contributed by atoms with Crippen molar-refractivity contribution in [1.29, 1.82) is 0 Å². The van der Waals surface area contributed by atoms with Crippen LogP contribution in [-0.4, -0.2) is 8.07 Å². The summed E-state index contributed by atoms with van der Waals surface area (Å²) >= 11 is 0. The van der Waals surface area contributed by atoms with Crippen molar-refractivity contribution in [2.24, 2.45) is 0 Å². The van der Waals surface area contributed by atoms with Gasteiger partial charge in [0.05, 0.1) is 8.07 Å². The van der Waals surface area contributed by atoms with Gasteiger partial charge in [-0.05, 0) is 11.6 Å². The molecule has 0 heterocycles. The van der Waals surface area contributed by atoms with E-state index < -0.39 is 8.07 Å². The fraction of sp³-hybridized carbons (Fsp3) is 0.385. The van der Waals surface area contributed by atoms with E-state index in [2.05, 4.69) is 50.9 Å². The predicted molar refractivity (Wildman–Crippen MR) is 68.2 cm³/mol. The monoisotopic (exact) mass is 204 g/mol. The maximum Gasteiger partial charge on any atom is 0.0515 e. The molecule has 0 atom stereocenters. The zero-order chi connectivity index (χ0) is 10.6. The third-order valence-corrected chi connectivity index (χ3v) is 6.11. The van der Waals surface area contributed by atoms with E-state index >= 15 is 0 Å². The second-order valence-corrected chi connectivity index (χ2v) is 10.0. The normalized spacial score (nSPS) is 11.4. The molecule has 0 saturated heterocycles. The first-order valence-corrected chi connectivity index (χ1v) is 8.70. The Balaban J connectivity index is 2.81. The molecular weight excluding hydrogens is 184 g/mol. The van der Waals surface area contributed by atoms with Crippen molar-refractivity contribution in [3.05, 3.63) is 42.0 Å². The van der Waals surface area contributed by atoms with Gasteiger partial charge in [-0.2, -0.15) is 0 Å². The molecule has 1 heteroatoms. The van der Waals surface area contributed by atoms with Gasteiger partial charge in [0.25, 0.3) is 0 Å². The maximum absolute atomic E-state index is 3.80. The molecule has 0 radical (unpaired) electrons. The van der Waals surface area contributed by atoms with Crippen LogP contribution in [0.15, 0.2) is 30.8 Å². The van der Waals surface area contributed by atoms with Crippen molar-refractivity contribution >= 4 is 14.1 Å². The minimum Gasteiger partial charge on any atom is -0.0985 e. The van der Waals surface area contributed by atoms with Gasteiger partial charge in [0.1, 0.15) is 0 Å². The van der Waals surface area contributed by atoms with E-state index in [0.717, 1.165) is 0 Å². The van der Waals surface area contributed by atoms with Crippen molar-refractivity contribution in [1.82, 2.24) is 0 Å². The van der Waals surface area contributed by atoms with E-state index in [1.165, 1.54) is 23.2 Å². The molecule has 0 bridgehead atoms. The minimum atomic E-state index is -0.988. The molecule has 0 aliphatic rings. The van der Waals surface area contributed by atoms with Gasteiger partial charge in [0, 0.05) is 0 Å². The SMILES string of the molecule is C=Cc1cccc(C[Si](C)(C)CC)c1. The zero-order valence-corrected chi connectivity index (χ0v) is 10.5. The van der Waals surface area contributed by atoms with Crippen molar-refractivity contribution in [2.75, 3.05) is 0 Å². The summed E-state index contributed by atoms with van der Waals surface area (Å²) in [6.45, 7) is 11.0. The molecule has 0 amide bonds. The average molecular weight is 204 g/mol. The fourth-order valence-electron chi connectivity index (χ4n) is 1.51. The van der Waals surface area contributed by atoms with E-state index in [4.69, 9.17) is 0 Å². The van der Waals surface area contributed by atoms with Crippen molar-refractivity contribution in [2.45, 2.75) is 32.1 Å². The van der Waals surface area contributed by atoms with Crippen LogP contribution in [0, 0.1) is 0 Å². The van der Waals surface area contributed by atoms with Crippen LogP contribution in [0.2, 0.25) is 19.1 Å². The van der Waals surface area contributed by atoms with Crippen LogP contribution in [0.3, 0.4) is 0 Å². The molecule has 1 rings (SSSR count). The quantitative estimate of drug-likeness (QED) is 0.647. The van der Waals surface area contributed by atoms with Crippen LogP contribution in [0.4, 0.5) is 0 Å². The van der Waals surface area contributed by atoms with Crippen LogP contribution in [0.5, 0.6) is 0 Å². The Bertz CT molecular complexity index is 313. The van der Waals surface area contributed by atoms with Gasteiger partial charge in [0.2, 0.25) is 0 Å². The number of hydrogen-bond donors (Lipinski definition) is 0. The summed E-state index contributed by atoms with van der Waals surface area (Å²) in [6.07, 6.45) is 1.92. The number of hydrogen-bond acceptors (Lipinski definition) is 0. The minimum absolute atomic E-state index is 0.988. The van der Waals surface area contributed by atoms with E-state index in [1.807, 2.05) is 6.08 Å². The Morgan fingerprint density at radius 3 is 2.64 bits per heavy atom. The highest BCUT2D eigenvalue weighted by Gasteiger charge is 2.17. The average Bonchev–Trinajstić information content (AvgIpc) is 2.17. The van der Waals surface area contributed by atoms with Gasteiger partial charge in [-0.1, -0.05) is 68.5 Å². The Morgan fingerprint density at radius 1 is 1.36 bits per heavy atom. The third kappa shape index (κ3) is 3.15. The predicted octanol–water partition coefficient (Wildman–Crippen LogP) is 4.14. The Hall–Kier alpha value is -0.823. The molecular formula is C13H20Si. The van der Waals surface area contributed by atoms with Crippen molar-refractivity contribution < 1.29 is 0 Å². The lowest BCUT2D eigenvalue weighted by molar-refractivity contribution is 1.23. The van der Waals surface area contributed by atoms with Crippen LogP contribution in [0.1, 0.15) is 18.1 Å². The van der Waals surface area contributed by atoms with Crippen LogP contribution >= 0.6 is 0 Å². The summed E-state index contributed by atoms with van der Waals surface area (Å²) in [5.74, 6) is 0. The summed E-state index contributed by atoms with van der Waals surface area (Å²) in [4.78, 5) is 0. The molecule has 0 aliphatic heterocycles. The summed E-state index contributed by atoms with van der Waals surface area (Å²) in [7, 11) is -0.988. The first-order valence-electron chi connectivity index (χ1n) is 5.29. The molecule has 0 aliphatic carbocycles. The zero-order valence-electron chi connectivity index (χ0n) is 9.51. The molecule has 0 aromatic heterocycles. The lowest BCUT2D eigenvalue weighted by Crippen LogP contribution is -2.27. The molecule has 1 aromatic rings. The lowest BCUT2D eigenvalue weighted by atomic mass is 10.1. The van der Waals surface area contributed by atoms with E-state index in [9.17, 15) is 0 Å². The highest BCUT2D eigenvalue weighted by Crippen LogP contribution is 2.17.